The second-order valence-electron chi connectivity index (χ2n) is 5.07. The maximum Gasteiger partial charge on any atom is 0.254 e. The Labute approximate surface area is 112 Å². The summed E-state index contributed by atoms with van der Waals surface area (Å²) in [7, 11) is 0. The van der Waals surface area contributed by atoms with Crippen LogP contribution in [0.1, 0.15) is 34.0 Å². The molecule has 1 aromatic carbocycles. The molecule has 1 atom stereocenters. The molecule has 98 valence electrons. The molecule has 2 heterocycles. The highest BCUT2D eigenvalue weighted by molar-refractivity contribution is 5.95. The molecule has 1 saturated heterocycles. The summed E-state index contributed by atoms with van der Waals surface area (Å²) in [5.74, 6) is 1.45. The maximum atomic E-state index is 12.5. The van der Waals surface area contributed by atoms with Crippen LogP contribution < -0.4 is 0 Å². The third-order valence-electron chi connectivity index (χ3n) is 3.80. The molecule has 1 unspecified atom stereocenters. The lowest BCUT2D eigenvalue weighted by Gasteiger charge is -2.17. The topological polar surface area (TPSA) is 33.5 Å². The van der Waals surface area contributed by atoms with E-state index in [0.29, 0.717) is 5.92 Å². The van der Waals surface area contributed by atoms with Gasteiger partial charge in [-0.2, -0.15) is 0 Å². The first-order valence-corrected chi connectivity index (χ1v) is 6.64. The van der Waals surface area contributed by atoms with Gasteiger partial charge >= 0.3 is 0 Å². The van der Waals surface area contributed by atoms with Crippen molar-refractivity contribution in [3.63, 3.8) is 0 Å². The fraction of sp³-hybridized carbons (Fsp3) is 0.312. The second-order valence-corrected chi connectivity index (χ2v) is 5.07. The highest BCUT2D eigenvalue weighted by atomic mass is 16.3. The Bertz CT molecular complexity index is 574. The molecule has 3 nitrogen and oxygen atoms in total. The van der Waals surface area contributed by atoms with E-state index in [2.05, 4.69) is 0 Å². The summed E-state index contributed by atoms with van der Waals surface area (Å²) >= 11 is 0. The quantitative estimate of drug-likeness (QED) is 0.825. The van der Waals surface area contributed by atoms with Crippen LogP contribution in [0.3, 0.4) is 0 Å². The molecule has 0 radical (unpaired) electrons. The minimum Gasteiger partial charge on any atom is -0.469 e. The van der Waals surface area contributed by atoms with Crippen molar-refractivity contribution in [2.45, 2.75) is 19.3 Å². The number of aryl methyl sites for hydroxylation is 1. The van der Waals surface area contributed by atoms with Crippen molar-refractivity contribution in [1.82, 2.24) is 4.90 Å². The summed E-state index contributed by atoms with van der Waals surface area (Å²) in [5, 5.41) is 0. The van der Waals surface area contributed by atoms with Gasteiger partial charge in [-0.1, -0.05) is 18.2 Å². The normalized spacial score (nSPS) is 18.8. The molecule has 0 saturated carbocycles. The minimum atomic E-state index is 0.132. The molecule has 1 amide bonds. The molecule has 1 aliphatic heterocycles. The molecular formula is C16H17NO2. The van der Waals surface area contributed by atoms with Crippen LogP contribution in [0, 0.1) is 6.92 Å². The number of benzene rings is 1. The molecule has 3 heteroatoms. The number of hydrogen-bond donors (Lipinski definition) is 0. The predicted molar refractivity (Wildman–Crippen MR) is 73.1 cm³/mol. The zero-order chi connectivity index (χ0) is 13.2. The molecule has 1 aliphatic rings. The Hall–Kier alpha value is -2.03. The van der Waals surface area contributed by atoms with Crippen LogP contribution >= 0.6 is 0 Å². The number of amides is 1. The standard InChI is InChI=1S/C16H17NO2/c1-12-5-2-3-6-14(12)16(18)17-9-8-13(11-17)15-7-4-10-19-15/h2-7,10,13H,8-9,11H2,1H3. The largest absolute Gasteiger partial charge is 0.469 e. The van der Waals surface area contributed by atoms with Crippen LogP contribution in [-0.2, 0) is 0 Å². The van der Waals surface area contributed by atoms with Crippen molar-refractivity contribution < 1.29 is 9.21 Å². The van der Waals surface area contributed by atoms with Gasteiger partial charge in [0.25, 0.3) is 5.91 Å². The van der Waals surface area contributed by atoms with E-state index in [0.717, 1.165) is 36.4 Å². The van der Waals surface area contributed by atoms with Gasteiger partial charge in [0.1, 0.15) is 5.76 Å². The van der Waals surface area contributed by atoms with Gasteiger partial charge in [0, 0.05) is 24.6 Å². The van der Waals surface area contributed by atoms with Crippen molar-refractivity contribution in [3.05, 3.63) is 59.5 Å². The van der Waals surface area contributed by atoms with Gasteiger partial charge in [0.05, 0.1) is 6.26 Å². The van der Waals surface area contributed by atoms with E-state index >= 15 is 0 Å². The number of hydrogen-bond acceptors (Lipinski definition) is 2. The lowest BCUT2D eigenvalue weighted by molar-refractivity contribution is 0.0789. The lowest BCUT2D eigenvalue weighted by Crippen LogP contribution is -2.28. The van der Waals surface area contributed by atoms with Gasteiger partial charge in [-0.25, -0.2) is 0 Å². The number of carbonyl (C=O) groups is 1. The second kappa shape index (κ2) is 4.92. The number of rotatable bonds is 2. The molecule has 0 bridgehead atoms. The van der Waals surface area contributed by atoms with Crippen LogP contribution in [-0.4, -0.2) is 23.9 Å². The number of likely N-dealkylation sites (tertiary alicyclic amines) is 1. The van der Waals surface area contributed by atoms with Crippen molar-refractivity contribution in [1.29, 1.82) is 0 Å². The van der Waals surface area contributed by atoms with Gasteiger partial charge in [-0.15, -0.1) is 0 Å². The van der Waals surface area contributed by atoms with Gasteiger partial charge in [-0.05, 0) is 37.1 Å². The maximum absolute atomic E-state index is 12.5. The van der Waals surface area contributed by atoms with E-state index in [-0.39, 0.29) is 5.91 Å². The molecule has 1 fully saturated rings. The van der Waals surface area contributed by atoms with Crippen LogP contribution in [0.15, 0.2) is 47.1 Å². The average Bonchev–Trinajstić information content (AvgIpc) is 3.09. The summed E-state index contributed by atoms with van der Waals surface area (Å²) in [4.78, 5) is 14.4. The van der Waals surface area contributed by atoms with Gasteiger partial charge in [0.2, 0.25) is 0 Å². The highest BCUT2D eigenvalue weighted by Crippen LogP contribution is 2.28. The van der Waals surface area contributed by atoms with E-state index in [4.69, 9.17) is 4.42 Å². The Kier molecular flexibility index (Phi) is 3.11. The predicted octanol–water partition coefficient (Wildman–Crippen LogP) is 3.22. The molecule has 0 aliphatic carbocycles. The zero-order valence-corrected chi connectivity index (χ0v) is 11.0. The van der Waals surface area contributed by atoms with E-state index in [1.54, 1.807) is 6.26 Å². The average molecular weight is 255 g/mol. The monoisotopic (exact) mass is 255 g/mol. The minimum absolute atomic E-state index is 0.132. The SMILES string of the molecule is Cc1ccccc1C(=O)N1CCC(c2ccco2)C1. The first kappa shape index (κ1) is 12.0. The van der Waals surface area contributed by atoms with E-state index in [9.17, 15) is 4.79 Å². The third kappa shape index (κ3) is 2.28. The molecule has 0 N–H and O–H groups in total. The summed E-state index contributed by atoms with van der Waals surface area (Å²) in [6, 6.07) is 11.7. The Morgan fingerprint density at radius 3 is 2.84 bits per heavy atom. The van der Waals surface area contributed by atoms with Crippen LogP contribution in [0.2, 0.25) is 0 Å². The smallest absolute Gasteiger partial charge is 0.254 e. The summed E-state index contributed by atoms with van der Waals surface area (Å²) < 4.78 is 5.44. The number of carbonyl (C=O) groups excluding carboxylic acids is 1. The molecule has 1 aromatic heterocycles. The molecule has 19 heavy (non-hydrogen) atoms. The Morgan fingerprint density at radius 2 is 2.11 bits per heavy atom. The summed E-state index contributed by atoms with van der Waals surface area (Å²) in [6.07, 6.45) is 2.67. The van der Waals surface area contributed by atoms with Crippen molar-refractivity contribution in [2.24, 2.45) is 0 Å². The van der Waals surface area contributed by atoms with Gasteiger partial charge in [0.15, 0.2) is 0 Å². The first-order chi connectivity index (χ1) is 9.25. The molecule has 2 aromatic rings. The van der Waals surface area contributed by atoms with Crippen molar-refractivity contribution in [2.75, 3.05) is 13.1 Å². The number of furan rings is 1. The molecule has 3 rings (SSSR count). The van der Waals surface area contributed by atoms with Crippen molar-refractivity contribution >= 4 is 5.91 Å². The van der Waals surface area contributed by atoms with Crippen molar-refractivity contribution in [3.8, 4) is 0 Å². The Morgan fingerprint density at radius 1 is 1.26 bits per heavy atom. The highest BCUT2D eigenvalue weighted by Gasteiger charge is 2.29. The third-order valence-corrected chi connectivity index (χ3v) is 3.80. The van der Waals surface area contributed by atoms with Gasteiger partial charge < -0.3 is 9.32 Å². The van der Waals surface area contributed by atoms with E-state index in [1.807, 2.05) is 48.2 Å². The lowest BCUT2D eigenvalue weighted by atomic mass is 10.1. The van der Waals surface area contributed by atoms with Crippen LogP contribution in [0.4, 0.5) is 0 Å². The summed E-state index contributed by atoms with van der Waals surface area (Å²) in [6.45, 7) is 3.53. The molecular weight excluding hydrogens is 238 g/mol. The van der Waals surface area contributed by atoms with Gasteiger partial charge in [-0.3, -0.25) is 4.79 Å². The zero-order valence-electron chi connectivity index (χ0n) is 11.0. The van der Waals surface area contributed by atoms with Crippen LogP contribution in [0.25, 0.3) is 0 Å². The number of nitrogens with zero attached hydrogens (tertiary/aromatic N) is 1. The summed E-state index contributed by atoms with van der Waals surface area (Å²) in [5.41, 5.74) is 1.84. The van der Waals surface area contributed by atoms with E-state index < -0.39 is 0 Å². The first-order valence-electron chi connectivity index (χ1n) is 6.64. The fourth-order valence-corrected chi connectivity index (χ4v) is 2.68. The Balaban J connectivity index is 1.75. The molecule has 0 spiro atoms. The van der Waals surface area contributed by atoms with Crippen LogP contribution in [0.5, 0.6) is 0 Å². The fourth-order valence-electron chi connectivity index (χ4n) is 2.68. The van der Waals surface area contributed by atoms with E-state index in [1.165, 1.54) is 0 Å².